The number of hydrogen-bond acceptors (Lipinski definition) is 1. The van der Waals surface area contributed by atoms with Crippen molar-refractivity contribution in [2.75, 3.05) is 11.4 Å². The van der Waals surface area contributed by atoms with Gasteiger partial charge in [-0.2, -0.15) is 0 Å². The highest BCUT2D eigenvalue weighted by Gasteiger charge is 2.31. The van der Waals surface area contributed by atoms with Crippen LogP contribution in [0.2, 0.25) is 0 Å². The Labute approximate surface area is 143 Å². The van der Waals surface area contributed by atoms with Crippen LogP contribution in [0.3, 0.4) is 0 Å². The normalized spacial score (nSPS) is 14.3. The fourth-order valence-corrected chi connectivity index (χ4v) is 3.89. The Morgan fingerprint density at radius 1 is 1.13 bits per heavy atom. The molecule has 2 aromatic carbocycles. The highest BCUT2D eigenvalue weighted by molar-refractivity contribution is 9.10. The van der Waals surface area contributed by atoms with Crippen molar-refractivity contribution in [2.45, 2.75) is 19.9 Å². The van der Waals surface area contributed by atoms with Crippen molar-refractivity contribution >= 4 is 38.4 Å². The Balaban J connectivity index is 1.91. The number of fused-ring (bicyclic) bond motifs is 3. The fraction of sp³-hybridized carbons (Fsp3) is 0.211. The molecule has 0 saturated heterocycles. The zero-order chi connectivity index (χ0) is 16.0. The highest BCUT2D eigenvalue weighted by Crippen LogP contribution is 2.34. The van der Waals surface area contributed by atoms with Gasteiger partial charge in [-0.15, -0.1) is 0 Å². The van der Waals surface area contributed by atoms with E-state index in [0.29, 0.717) is 0 Å². The van der Waals surface area contributed by atoms with Gasteiger partial charge in [-0.05, 0) is 49.2 Å². The number of para-hydroxylation sites is 1. The molecule has 4 heteroatoms. The Morgan fingerprint density at radius 2 is 1.91 bits per heavy atom. The predicted molar refractivity (Wildman–Crippen MR) is 97.1 cm³/mol. The van der Waals surface area contributed by atoms with Crippen molar-refractivity contribution in [2.24, 2.45) is 0 Å². The van der Waals surface area contributed by atoms with E-state index in [0.717, 1.165) is 40.9 Å². The van der Waals surface area contributed by atoms with Crippen LogP contribution in [0.1, 0.15) is 23.0 Å². The van der Waals surface area contributed by atoms with Crippen LogP contribution in [0.5, 0.6) is 0 Å². The van der Waals surface area contributed by atoms with Gasteiger partial charge in [0.1, 0.15) is 5.69 Å². The molecule has 116 valence electrons. The largest absolute Gasteiger partial charge is 0.337 e. The van der Waals surface area contributed by atoms with Crippen molar-refractivity contribution in [3.63, 3.8) is 0 Å². The van der Waals surface area contributed by atoms with Gasteiger partial charge in [-0.3, -0.25) is 4.79 Å². The number of rotatable bonds is 2. The molecule has 0 N–H and O–H groups in total. The second-order valence-electron chi connectivity index (χ2n) is 5.78. The van der Waals surface area contributed by atoms with Crippen molar-refractivity contribution in [3.8, 4) is 0 Å². The van der Waals surface area contributed by atoms with Crippen molar-refractivity contribution in [1.82, 2.24) is 4.57 Å². The van der Waals surface area contributed by atoms with Gasteiger partial charge in [0.05, 0.1) is 0 Å². The molecule has 1 aliphatic heterocycles. The molecule has 0 fully saturated rings. The number of carbonyl (C=O) groups is 1. The molecule has 0 bridgehead atoms. The molecule has 0 spiro atoms. The Morgan fingerprint density at radius 3 is 2.65 bits per heavy atom. The first-order chi connectivity index (χ1) is 11.2. The van der Waals surface area contributed by atoms with Gasteiger partial charge in [0.25, 0.3) is 5.91 Å². The van der Waals surface area contributed by atoms with E-state index < -0.39 is 0 Å². The summed E-state index contributed by atoms with van der Waals surface area (Å²) in [6.07, 6.45) is 0.885. The summed E-state index contributed by atoms with van der Waals surface area (Å²) in [5.41, 5.74) is 4.14. The Kier molecular flexibility index (Phi) is 3.49. The van der Waals surface area contributed by atoms with Gasteiger partial charge >= 0.3 is 0 Å². The van der Waals surface area contributed by atoms with Crippen LogP contribution < -0.4 is 4.90 Å². The number of benzene rings is 2. The Bertz CT molecular complexity index is 899. The molecule has 1 amide bonds. The number of carbonyl (C=O) groups excluding carboxylic acids is 1. The zero-order valence-electron chi connectivity index (χ0n) is 12.9. The standard InChI is InChI=1S/C19H17BrN2O/c1-2-21-17-9-8-13(20)12-16(17)15-10-11-22(19(23)18(15)21)14-6-4-3-5-7-14/h3-9,12H,2,10-11H2,1H3. The first-order valence-corrected chi connectivity index (χ1v) is 8.67. The minimum absolute atomic E-state index is 0.103. The Hall–Kier alpha value is -2.07. The monoisotopic (exact) mass is 368 g/mol. The smallest absolute Gasteiger partial charge is 0.275 e. The van der Waals surface area contributed by atoms with Crippen molar-refractivity contribution < 1.29 is 4.79 Å². The van der Waals surface area contributed by atoms with Crippen LogP contribution >= 0.6 is 15.9 Å². The maximum absolute atomic E-state index is 13.1. The summed E-state index contributed by atoms with van der Waals surface area (Å²) in [6.45, 7) is 3.61. The van der Waals surface area contributed by atoms with Crippen LogP contribution in [0.15, 0.2) is 53.0 Å². The van der Waals surface area contributed by atoms with E-state index in [1.807, 2.05) is 41.3 Å². The molecule has 0 aliphatic carbocycles. The lowest BCUT2D eigenvalue weighted by atomic mass is 10.0. The molecule has 3 aromatic rings. The average Bonchev–Trinajstić information content (AvgIpc) is 2.90. The minimum atomic E-state index is 0.103. The first kappa shape index (κ1) is 14.5. The van der Waals surface area contributed by atoms with Gasteiger partial charge in [0.15, 0.2) is 0 Å². The van der Waals surface area contributed by atoms with E-state index in [2.05, 4.69) is 39.6 Å². The second-order valence-corrected chi connectivity index (χ2v) is 6.69. The highest BCUT2D eigenvalue weighted by atomic mass is 79.9. The summed E-state index contributed by atoms with van der Waals surface area (Å²) in [4.78, 5) is 15.0. The lowest BCUT2D eigenvalue weighted by Crippen LogP contribution is -2.38. The molecule has 1 aromatic heterocycles. The number of halogens is 1. The quantitative estimate of drug-likeness (QED) is 0.647. The third-order valence-electron chi connectivity index (χ3n) is 4.55. The molecule has 0 radical (unpaired) electrons. The summed E-state index contributed by atoms with van der Waals surface area (Å²) < 4.78 is 3.20. The summed E-state index contributed by atoms with van der Waals surface area (Å²) in [5, 5.41) is 1.19. The third-order valence-corrected chi connectivity index (χ3v) is 5.04. The topological polar surface area (TPSA) is 25.2 Å². The van der Waals surface area contributed by atoms with Gasteiger partial charge in [0.2, 0.25) is 0 Å². The van der Waals surface area contributed by atoms with E-state index in [4.69, 9.17) is 0 Å². The van der Waals surface area contributed by atoms with E-state index in [9.17, 15) is 4.79 Å². The number of aryl methyl sites for hydroxylation is 1. The van der Waals surface area contributed by atoms with Crippen LogP contribution in [0.4, 0.5) is 5.69 Å². The predicted octanol–water partition coefficient (Wildman–Crippen LogP) is 4.63. The molecule has 0 unspecified atom stereocenters. The van der Waals surface area contributed by atoms with E-state index in [-0.39, 0.29) is 5.91 Å². The van der Waals surface area contributed by atoms with E-state index in [1.54, 1.807) is 0 Å². The molecule has 0 atom stereocenters. The molecule has 23 heavy (non-hydrogen) atoms. The zero-order valence-corrected chi connectivity index (χ0v) is 14.5. The molecule has 1 aliphatic rings. The van der Waals surface area contributed by atoms with Crippen LogP contribution in [-0.2, 0) is 13.0 Å². The first-order valence-electron chi connectivity index (χ1n) is 7.88. The van der Waals surface area contributed by atoms with Crippen LogP contribution in [0.25, 0.3) is 10.9 Å². The van der Waals surface area contributed by atoms with Gasteiger partial charge < -0.3 is 9.47 Å². The van der Waals surface area contributed by atoms with E-state index in [1.165, 1.54) is 10.9 Å². The van der Waals surface area contributed by atoms with Crippen molar-refractivity contribution in [1.29, 1.82) is 0 Å². The molecule has 2 heterocycles. The SMILES string of the molecule is CCn1c2c(c3cc(Br)ccc31)CCN(c1ccccc1)C2=O. The van der Waals surface area contributed by atoms with E-state index >= 15 is 0 Å². The maximum atomic E-state index is 13.1. The van der Waals surface area contributed by atoms with Crippen molar-refractivity contribution in [3.05, 3.63) is 64.3 Å². The van der Waals surface area contributed by atoms with Crippen LogP contribution in [-0.4, -0.2) is 17.0 Å². The number of nitrogens with zero attached hydrogens (tertiary/aromatic N) is 2. The number of hydrogen-bond donors (Lipinski definition) is 0. The summed E-state index contributed by atoms with van der Waals surface area (Å²) in [7, 11) is 0. The molecule has 0 saturated carbocycles. The molecular weight excluding hydrogens is 352 g/mol. The number of anilines is 1. The number of aromatic nitrogens is 1. The second kappa shape index (κ2) is 5.53. The van der Waals surface area contributed by atoms with Gasteiger partial charge in [0, 0.05) is 34.2 Å². The summed E-state index contributed by atoms with van der Waals surface area (Å²) in [5.74, 6) is 0.103. The minimum Gasteiger partial charge on any atom is -0.337 e. The van der Waals surface area contributed by atoms with Gasteiger partial charge in [-0.25, -0.2) is 0 Å². The van der Waals surface area contributed by atoms with Gasteiger partial charge in [-0.1, -0.05) is 34.1 Å². The summed E-state index contributed by atoms with van der Waals surface area (Å²) in [6, 6.07) is 16.2. The fourth-order valence-electron chi connectivity index (χ4n) is 3.53. The lowest BCUT2D eigenvalue weighted by Gasteiger charge is -2.28. The van der Waals surface area contributed by atoms with Crippen LogP contribution in [0, 0.1) is 0 Å². The number of amides is 1. The molecule has 4 rings (SSSR count). The summed E-state index contributed by atoms with van der Waals surface area (Å²) >= 11 is 3.55. The average molecular weight is 369 g/mol. The third kappa shape index (κ3) is 2.20. The lowest BCUT2D eigenvalue weighted by molar-refractivity contribution is 0.0972. The molecule has 3 nitrogen and oxygen atoms in total. The molecular formula is C19H17BrN2O. The maximum Gasteiger partial charge on any atom is 0.275 e.